The van der Waals surface area contributed by atoms with Crippen LogP contribution in [0.5, 0.6) is 0 Å². The van der Waals surface area contributed by atoms with Crippen LogP contribution in [-0.4, -0.2) is 8.42 Å². The molecule has 3 aromatic rings. The Morgan fingerprint density at radius 2 is 1.76 bits per heavy atom. The molecule has 4 nitrogen and oxygen atoms in total. The number of hydrogen-bond acceptors (Lipinski definition) is 3. The van der Waals surface area contributed by atoms with Crippen LogP contribution in [0.1, 0.15) is 35.1 Å². The van der Waals surface area contributed by atoms with Crippen molar-refractivity contribution in [1.29, 1.82) is 0 Å². The van der Waals surface area contributed by atoms with Gasteiger partial charge in [-0.15, -0.1) is 0 Å². The van der Waals surface area contributed by atoms with Gasteiger partial charge in [-0.3, -0.25) is 4.72 Å². The number of anilines is 2. The van der Waals surface area contributed by atoms with Gasteiger partial charge in [0.1, 0.15) is 0 Å². The lowest BCUT2D eigenvalue weighted by Gasteiger charge is -2.38. The van der Waals surface area contributed by atoms with Gasteiger partial charge in [0, 0.05) is 16.6 Å². The fraction of sp³-hybridized carbons (Fsp3) is 0.200. The summed E-state index contributed by atoms with van der Waals surface area (Å²) in [5.74, 6) is -0.376. The number of alkyl halides is 3. The maximum Gasteiger partial charge on any atom is 0.416 e. The van der Waals surface area contributed by atoms with Crippen molar-refractivity contribution in [1.82, 2.24) is 0 Å². The second-order valence-electron chi connectivity index (χ2n) is 8.43. The molecule has 0 unspecified atom stereocenters. The van der Waals surface area contributed by atoms with Gasteiger partial charge in [0.2, 0.25) is 0 Å². The molecule has 0 saturated carbocycles. The molecule has 3 aromatic carbocycles. The Balaban J connectivity index is 1.52. The first kappa shape index (κ1) is 22.8. The minimum atomic E-state index is -4.47. The molecule has 1 heterocycles. The van der Waals surface area contributed by atoms with E-state index in [-0.39, 0.29) is 22.3 Å². The summed E-state index contributed by atoms with van der Waals surface area (Å²) in [5, 5.41) is 3.66. The third kappa shape index (κ3) is 4.16. The summed E-state index contributed by atoms with van der Waals surface area (Å²) in [6, 6.07) is 16.1. The molecule has 0 amide bonds. The van der Waals surface area contributed by atoms with Gasteiger partial charge in [-0.2, -0.15) is 13.2 Å². The zero-order valence-corrected chi connectivity index (χ0v) is 19.3. The van der Waals surface area contributed by atoms with Crippen molar-refractivity contribution in [3.63, 3.8) is 0 Å². The first-order chi connectivity index (χ1) is 16.1. The maximum atomic E-state index is 13.7. The van der Waals surface area contributed by atoms with Crippen LogP contribution >= 0.6 is 11.6 Å². The van der Waals surface area contributed by atoms with Crippen molar-refractivity contribution < 1.29 is 21.6 Å². The molecule has 0 bridgehead atoms. The lowest BCUT2D eigenvalue weighted by molar-refractivity contribution is -0.138. The van der Waals surface area contributed by atoms with Crippen molar-refractivity contribution in [3.8, 4) is 0 Å². The van der Waals surface area contributed by atoms with Crippen LogP contribution in [-0.2, 0) is 16.2 Å². The SMILES string of the molecule is O=S(=O)(Nc1cccc(Cl)c1)c1ccc2c(c1)[C@H]1C=CC[C@H]1[C@@H](c1ccccc1C(F)(F)F)N2. The predicted octanol–water partition coefficient (Wildman–Crippen LogP) is 6.99. The standard InChI is InChI=1S/C25H20ClF3N2O2S/c26-15-5-3-6-16(13-15)31-34(32,33)17-11-12-23-21(14-17)18-8-4-9-19(18)24(30-23)20-7-1-2-10-22(20)25(27,28)29/h1-8,10-14,18-19,24,30-31H,9H2/t18-,19+,24-/m0/s1. The predicted molar refractivity (Wildman–Crippen MR) is 126 cm³/mol. The van der Waals surface area contributed by atoms with Gasteiger partial charge >= 0.3 is 6.18 Å². The summed E-state index contributed by atoms with van der Waals surface area (Å²) in [6.07, 6.45) is 0.0186. The summed E-state index contributed by atoms with van der Waals surface area (Å²) in [4.78, 5) is 0.0706. The number of rotatable bonds is 4. The third-order valence-electron chi connectivity index (χ3n) is 6.32. The van der Waals surface area contributed by atoms with Gasteiger partial charge in [-0.05, 0) is 65.9 Å². The van der Waals surface area contributed by atoms with Crippen molar-refractivity contribution in [2.75, 3.05) is 10.0 Å². The lowest BCUT2D eigenvalue weighted by Crippen LogP contribution is -2.31. The molecule has 1 aliphatic heterocycles. The molecule has 0 spiro atoms. The summed E-state index contributed by atoms with van der Waals surface area (Å²) in [5.41, 5.74) is 1.24. The molecular weight excluding hydrogens is 485 g/mol. The Morgan fingerprint density at radius 3 is 2.53 bits per heavy atom. The monoisotopic (exact) mass is 504 g/mol. The van der Waals surface area contributed by atoms with Crippen molar-refractivity contribution >= 4 is 33.0 Å². The van der Waals surface area contributed by atoms with Crippen LogP contribution < -0.4 is 10.0 Å². The highest BCUT2D eigenvalue weighted by atomic mass is 35.5. The van der Waals surface area contributed by atoms with Gasteiger partial charge in [-0.25, -0.2) is 8.42 Å². The summed E-state index contributed by atoms with van der Waals surface area (Å²) >= 11 is 5.96. The number of sulfonamides is 1. The van der Waals surface area contributed by atoms with Crippen LogP contribution in [0, 0.1) is 5.92 Å². The Morgan fingerprint density at radius 1 is 0.971 bits per heavy atom. The van der Waals surface area contributed by atoms with Crippen LogP contribution in [0.25, 0.3) is 0 Å². The third-order valence-corrected chi connectivity index (χ3v) is 7.94. The second kappa shape index (κ2) is 8.36. The van der Waals surface area contributed by atoms with E-state index < -0.39 is 27.8 Å². The molecule has 34 heavy (non-hydrogen) atoms. The van der Waals surface area contributed by atoms with Gasteiger partial charge in [0.15, 0.2) is 0 Å². The molecule has 5 rings (SSSR count). The Hall–Kier alpha value is -2.97. The molecule has 9 heteroatoms. The van der Waals surface area contributed by atoms with E-state index >= 15 is 0 Å². The van der Waals surface area contributed by atoms with E-state index in [9.17, 15) is 21.6 Å². The molecule has 0 fully saturated rings. The number of halogens is 4. The number of allylic oxidation sites excluding steroid dienone is 2. The largest absolute Gasteiger partial charge is 0.416 e. The molecule has 176 valence electrons. The molecule has 0 radical (unpaired) electrons. The minimum Gasteiger partial charge on any atom is -0.378 e. The molecule has 2 aliphatic rings. The first-order valence-corrected chi connectivity index (χ1v) is 12.5. The average Bonchev–Trinajstić information content (AvgIpc) is 3.28. The molecular formula is C25H20ClF3N2O2S. The molecule has 3 atom stereocenters. The van der Waals surface area contributed by atoms with E-state index in [0.717, 1.165) is 11.6 Å². The smallest absolute Gasteiger partial charge is 0.378 e. The zero-order chi connectivity index (χ0) is 24.1. The van der Waals surface area contributed by atoms with E-state index in [1.54, 1.807) is 36.4 Å². The van der Waals surface area contributed by atoms with Crippen molar-refractivity contribution in [3.05, 3.63) is 101 Å². The molecule has 0 aromatic heterocycles. The summed E-state index contributed by atoms with van der Waals surface area (Å²) in [6.45, 7) is 0. The topological polar surface area (TPSA) is 58.2 Å². The van der Waals surface area contributed by atoms with E-state index in [4.69, 9.17) is 11.6 Å². The highest BCUT2D eigenvalue weighted by Gasteiger charge is 2.42. The lowest BCUT2D eigenvalue weighted by atomic mass is 9.76. The fourth-order valence-corrected chi connectivity index (χ4v) is 6.11. The highest BCUT2D eigenvalue weighted by molar-refractivity contribution is 7.92. The van der Waals surface area contributed by atoms with Crippen molar-refractivity contribution in [2.45, 2.75) is 29.5 Å². The number of fused-ring (bicyclic) bond motifs is 3. The van der Waals surface area contributed by atoms with Gasteiger partial charge in [0.25, 0.3) is 10.0 Å². The molecule has 1 aliphatic carbocycles. The van der Waals surface area contributed by atoms with Gasteiger partial charge in [0.05, 0.1) is 22.2 Å². The second-order valence-corrected chi connectivity index (χ2v) is 10.5. The Kier molecular flexibility index (Phi) is 5.61. The Labute approximate surface area is 200 Å². The number of nitrogens with one attached hydrogen (secondary N) is 2. The van der Waals surface area contributed by atoms with Crippen LogP contribution in [0.15, 0.2) is 83.8 Å². The Bertz CT molecular complexity index is 1390. The van der Waals surface area contributed by atoms with Crippen LogP contribution in [0.4, 0.5) is 24.5 Å². The highest BCUT2D eigenvalue weighted by Crippen LogP contribution is 2.51. The van der Waals surface area contributed by atoms with E-state index in [2.05, 4.69) is 10.0 Å². The summed E-state index contributed by atoms with van der Waals surface area (Å²) < 4.78 is 69.7. The normalized spacial score (nSPS) is 21.5. The van der Waals surface area contributed by atoms with Gasteiger partial charge < -0.3 is 5.32 Å². The van der Waals surface area contributed by atoms with Gasteiger partial charge in [-0.1, -0.05) is 48.0 Å². The van der Waals surface area contributed by atoms with Crippen LogP contribution in [0.3, 0.4) is 0 Å². The van der Waals surface area contributed by atoms with Crippen molar-refractivity contribution in [2.24, 2.45) is 5.92 Å². The quantitative estimate of drug-likeness (QED) is 0.377. The summed E-state index contributed by atoms with van der Waals surface area (Å²) in [7, 11) is -3.89. The van der Waals surface area contributed by atoms with E-state index in [1.165, 1.54) is 24.3 Å². The minimum absolute atomic E-state index is 0.0706. The first-order valence-electron chi connectivity index (χ1n) is 10.7. The molecule has 0 saturated heterocycles. The zero-order valence-electron chi connectivity index (χ0n) is 17.7. The number of hydrogen-bond donors (Lipinski definition) is 2. The van der Waals surface area contributed by atoms with E-state index in [1.807, 2.05) is 12.2 Å². The molecule has 2 N–H and O–H groups in total. The van der Waals surface area contributed by atoms with Crippen LogP contribution in [0.2, 0.25) is 5.02 Å². The number of benzene rings is 3. The maximum absolute atomic E-state index is 13.7. The average molecular weight is 505 g/mol. The van der Waals surface area contributed by atoms with E-state index in [0.29, 0.717) is 22.8 Å². The fourth-order valence-electron chi connectivity index (χ4n) is 4.84.